The molecule has 1 unspecified atom stereocenters. The minimum absolute atomic E-state index is 0.546. The molecule has 0 N–H and O–H groups in total. The van der Waals surface area contributed by atoms with Gasteiger partial charge in [0.2, 0.25) is 0 Å². The van der Waals surface area contributed by atoms with Crippen molar-refractivity contribution in [3.63, 3.8) is 0 Å². The van der Waals surface area contributed by atoms with Gasteiger partial charge < -0.3 is 0 Å². The maximum absolute atomic E-state index is 3.84. The molecule has 0 fully saturated rings. The van der Waals surface area contributed by atoms with Crippen LogP contribution in [0.4, 0.5) is 0 Å². The summed E-state index contributed by atoms with van der Waals surface area (Å²) < 4.78 is 1.29. The molecule has 3 rings (SSSR count). The fourth-order valence-corrected chi connectivity index (χ4v) is 3.88. The van der Waals surface area contributed by atoms with Crippen molar-refractivity contribution >= 4 is 32.8 Å². The van der Waals surface area contributed by atoms with Crippen LogP contribution in [0, 0.1) is 5.92 Å². The Morgan fingerprint density at radius 3 is 2.53 bits per heavy atom. The van der Waals surface area contributed by atoms with Crippen LogP contribution in [-0.4, -0.2) is 0 Å². The Labute approximate surface area is 123 Å². The van der Waals surface area contributed by atoms with Crippen LogP contribution in [0.3, 0.4) is 0 Å². The van der Waals surface area contributed by atoms with Crippen molar-refractivity contribution in [2.75, 3.05) is 0 Å². The van der Waals surface area contributed by atoms with Gasteiger partial charge in [-0.05, 0) is 61.6 Å². The summed E-state index contributed by atoms with van der Waals surface area (Å²) in [5.74, 6) is 1.18. The molecule has 1 heteroatoms. The minimum Gasteiger partial charge on any atom is -0.0807 e. The molecule has 0 spiro atoms. The lowest BCUT2D eigenvalue weighted by molar-refractivity contribution is 0.712. The molecular weight excluding hydrogens is 296 g/mol. The molecule has 0 aliphatic heterocycles. The van der Waals surface area contributed by atoms with Gasteiger partial charge in [0.05, 0.1) is 0 Å². The molecular formula is C18H19Br. The highest BCUT2D eigenvalue weighted by atomic mass is 79.9. The number of hydrogen-bond acceptors (Lipinski definition) is 0. The molecule has 2 aromatic carbocycles. The first-order valence-corrected chi connectivity index (χ1v) is 7.80. The third-order valence-corrected chi connectivity index (χ3v) is 4.93. The van der Waals surface area contributed by atoms with Gasteiger partial charge in [-0.2, -0.15) is 0 Å². The van der Waals surface area contributed by atoms with E-state index in [1.807, 2.05) is 0 Å². The fourth-order valence-electron chi connectivity index (χ4n) is 3.16. The first-order chi connectivity index (χ1) is 9.09. The highest BCUT2D eigenvalue weighted by molar-refractivity contribution is 9.10. The van der Waals surface area contributed by atoms with E-state index in [4.69, 9.17) is 0 Å². The number of hydrogen-bond donors (Lipinski definition) is 0. The van der Waals surface area contributed by atoms with Gasteiger partial charge in [-0.1, -0.05) is 57.2 Å². The SMILES string of the molecule is CC1C=Cc2c(c(Br)c3ccccc3c2C(C)C)C1. The van der Waals surface area contributed by atoms with Crippen molar-refractivity contribution in [3.05, 3.63) is 51.5 Å². The van der Waals surface area contributed by atoms with E-state index >= 15 is 0 Å². The summed E-state index contributed by atoms with van der Waals surface area (Å²) in [6.45, 7) is 6.87. The molecule has 2 aromatic rings. The summed E-state index contributed by atoms with van der Waals surface area (Å²) in [7, 11) is 0. The quantitative estimate of drug-likeness (QED) is 0.612. The van der Waals surface area contributed by atoms with Gasteiger partial charge in [-0.15, -0.1) is 0 Å². The zero-order valence-corrected chi connectivity index (χ0v) is 13.3. The van der Waals surface area contributed by atoms with Gasteiger partial charge in [-0.25, -0.2) is 0 Å². The van der Waals surface area contributed by atoms with E-state index in [1.54, 1.807) is 0 Å². The van der Waals surface area contributed by atoms with Crippen LogP contribution < -0.4 is 0 Å². The van der Waals surface area contributed by atoms with E-state index in [1.165, 1.54) is 31.9 Å². The second-order valence-corrected chi connectivity index (χ2v) is 6.65. The first kappa shape index (κ1) is 12.9. The highest BCUT2D eigenvalue weighted by Gasteiger charge is 2.21. The predicted octanol–water partition coefficient (Wildman–Crippen LogP) is 5.93. The second kappa shape index (κ2) is 4.79. The number of benzene rings is 2. The Balaban J connectivity index is 2.45. The molecule has 0 bridgehead atoms. The number of allylic oxidation sites excluding steroid dienone is 1. The summed E-state index contributed by atoms with van der Waals surface area (Å²) in [4.78, 5) is 0. The van der Waals surface area contributed by atoms with Crippen LogP contribution in [-0.2, 0) is 6.42 Å². The van der Waals surface area contributed by atoms with E-state index in [9.17, 15) is 0 Å². The molecule has 0 radical (unpaired) electrons. The van der Waals surface area contributed by atoms with Gasteiger partial charge in [0.25, 0.3) is 0 Å². The zero-order chi connectivity index (χ0) is 13.6. The molecule has 0 aromatic heterocycles. The average molecular weight is 315 g/mol. The van der Waals surface area contributed by atoms with Crippen molar-refractivity contribution in [1.29, 1.82) is 0 Å². The monoisotopic (exact) mass is 314 g/mol. The number of halogens is 1. The molecule has 0 nitrogen and oxygen atoms in total. The van der Waals surface area contributed by atoms with Crippen LogP contribution in [0.2, 0.25) is 0 Å². The van der Waals surface area contributed by atoms with E-state index in [2.05, 4.69) is 73.1 Å². The summed E-state index contributed by atoms with van der Waals surface area (Å²) in [6, 6.07) is 8.75. The van der Waals surface area contributed by atoms with Crippen molar-refractivity contribution < 1.29 is 0 Å². The molecule has 0 saturated heterocycles. The van der Waals surface area contributed by atoms with Gasteiger partial charge in [0.15, 0.2) is 0 Å². The molecule has 1 aliphatic carbocycles. The van der Waals surface area contributed by atoms with Crippen LogP contribution >= 0.6 is 15.9 Å². The third kappa shape index (κ3) is 2.04. The minimum atomic E-state index is 0.546. The van der Waals surface area contributed by atoms with Crippen LogP contribution in [0.1, 0.15) is 43.4 Å². The zero-order valence-electron chi connectivity index (χ0n) is 11.7. The molecule has 19 heavy (non-hydrogen) atoms. The molecule has 0 amide bonds. The predicted molar refractivity (Wildman–Crippen MR) is 87.6 cm³/mol. The van der Waals surface area contributed by atoms with Gasteiger partial charge in [0, 0.05) is 4.47 Å². The summed E-state index contributed by atoms with van der Waals surface area (Å²) in [5, 5.41) is 2.75. The largest absolute Gasteiger partial charge is 0.0807 e. The average Bonchev–Trinajstić information content (AvgIpc) is 2.39. The smallest absolute Gasteiger partial charge is 0.0292 e. The number of rotatable bonds is 1. The van der Waals surface area contributed by atoms with Crippen molar-refractivity contribution in [2.45, 2.75) is 33.1 Å². The van der Waals surface area contributed by atoms with Crippen molar-refractivity contribution in [3.8, 4) is 0 Å². The Kier molecular flexibility index (Phi) is 3.26. The normalized spacial score (nSPS) is 18.1. The fraction of sp³-hybridized carbons (Fsp3) is 0.333. The maximum Gasteiger partial charge on any atom is 0.0292 e. The van der Waals surface area contributed by atoms with Crippen molar-refractivity contribution in [2.24, 2.45) is 5.92 Å². The van der Waals surface area contributed by atoms with E-state index < -0.39 is 0 Å². The first-order valence-electron chi connectivity index (χ1n) is 7.00. The number of fused-ring (bicyclic) bond motifs is 2. The highest BCUT2D eigenvalue weighted by Crippen LogP contribution is 2.41. The van der Waals surface area contributed by atoms with Crippen LogP contribution in [0.5, 0.6) is 0 Å². The van der Waals surface area contributed by atoms with Crippen LogP contribution in [0.15, 0.2) is 34.8 Å². The van der Waals surface area contributed by atoms with E-state index in [-0.39, 0.29) is 0 Å². The third-order valence-electron chi connectivity index (χ3n) is 4.03. The standard InChI is InChI=1S/C18H19Br/c1-11(2)17-13-6-4-5-7-15(13)18(19)16-10-12(3)8-9-14(16)17/h4-9,11-12H,10H2,1-3H3. The summed E-state index contributed by atoms with van der Waals surface area (Å²) in [5.41, 5.74) is 4.42. The lowest BCUT2D eigenvalue weighted by Gasteiger charge is -2.24. The summed E-state index contributed by atoms with van der Waals surface area (Å²) in [6.07, 6.45) is 5.81. The Morgan fingerprint density at radius 2 is 1.84 bits per heavy atom. The van der Waals surface area contributed by atoms with Gasteiger partial charge in [-0.3, -0.25) is 0 Å². The van der Waals surface area contributed by atoms with Crippen LogP contribution in [0.25, 0.3) is 16.8 Å². The Morgan fingerprint density at radius 1 is 1.16 bits per heavy atom. The second-order valence-electron chi connectivity index (χ2n) is 5.86. The topological polar surface area (TPSA) is 0 Å². The lowest BCUT2D eigenvalue weighted by Crippen LogP contribution is -2.08. The Hall–Kier alpha value is -1.08. The van der Waals surface area contributed by atoms with E-state index in [0.29, 0.717) is 11.8 Å². The maximum atomic E-state index is 3.84. The van der Waals surface area contributed by atoms with Crippen molar-refractivity contribution in [1.82, 2.24) is 0 Å². The Bertz CT molecular complexity index is 665. The molecule has 0 heterocycles. The molecule has 1 aliphatic rings. The summed E-state index contributed by atoms with van der Waals surface area (Å²) >= 11 is 3.84. The van der Waals surface area contributed by atoms with E-state index in [0.717, 1.165) is 6.42 Å². The molecule has 1 atom stereocenters. The van der Waals surface area contributed by atoms with Gasteiger partial charge >= 0.3 is 0 Å². The van der Waals surface area contributed by atoms with Gasteiger partial charge in [0.1, 0.15) is 0 Å². The lowest BCUT2D eigenvalue weighted by atomic mass is 9.82. The molecule has 0 saturated carbocycles. The molecule has 98 valence electrons.